The first-order valence-corrected chi connectivity index (χ1v) is 12.4. The van der Waals surface area contributed by atoms with Gasteiger partial charge in [-0.3, -0.25) is 9.59 Å². The van der Waals surface area contributed by atoms with Crippen molar-refractivity contribution in [2.45, 2.75) is 24.2 Å². The molecule has 0 radical (unpaired) electrons. The SMILES string of the molecule is O=C1c2c(O)cc(O)c([C@@H]3C(=O)c4c(O)cc(O)cc4O[C@H]3c3ccc(O)cc3)c2O[C@H](c2ccc(O)cc2)[C@H]1O. The predicted molar refractivity (Wildman–Crippen MR) is 140 cm³/mol. The number of Topliss-reactive ketones (excluding diaryl/α,β-unsaturated/α-hetero) is 2. The second kappa shape index (κ2) is 9.35. The second-order valence-corrected chi connectivity index (χ2v) is 9.78. The quantitative estimate of drug-likeness (QED) is 0.194. The molecule has 0 unspecified atom stereocenters. The third kappa shape index (κ3) is 4.10. The maximum Gasteiger partial charge on any atom is 0.202 e. The van der Waals surface area contributed by atoms with Crippen LogP contribution in [-0.4, -0.2) is 53.4 Å². The van der Waals surface area contributed by atoms with Crippen molar-refractivity contribution < 1.29 is 54.8 Å². The molecule has 208 valence electrons. The summed E-state index contributed by atoms with van der Waals surface area (Å²) in [5.74, 6) is -6.19. The van der Waals surface area contributed by atoms with Gasteiger partial charge in [0.1, 0.15) is 63.2 Å². The number of phenolic OH excluding ortho intramolecular Hbond substituents is 6. The number of rotatable bonds is 3. The van der Waals surface area contributed by atoms with Crippen molar-refractivity contribution in [2.24, 2.45) is 0 Å². The van der Waals surface area contributed by atoms with Crippen LogP contribution >= 0.6 is 0 Å². The molecule has 6 rings (SSSR count). The van der Waals surface area contributed by atoms with Crippen molar-refractivity contribution in [2.75, 3.05) is 0 Å². The number of phenols is 6. The lowest BCUT2D eigenvalue weighted by Crippen LogP contribution is -2.38. The molecule has 0 spiro atoms. The van der Waals surface area contributed by atoms with Gasteiger partial charge in [-0.15, -0.1) is 0 Å². The molecule has 7 N–H and O–H groups in total. The van der Waals surface area contributed by atoms with Gasteiger partial charge in [-0.1, -0.05) is 24.3 Å². The van der Waals surface area contributed by atoms with Crippen LogP contribution in [0.4, 0.5) is 0 Å². The zero-order chi connectivity index (χ0) is 29.2. The van der Waals surface area contributed by atoms with Gasteiger partial charge < -0.3 is 45.2 Å². The van der Waals surface area contributed by atoms with E-state index >= 15 is 0 Å². The molecule has 0 fully saturated rings. The summed E-state index contributed by atoms with van der Waals surface area (Å²) in [6.45, 7) is 0. The predicted octanol–water partition coefficient (Wildman–Crippen LogP) is 3.70. The highest BCUT2D eigenvalue weighted by Crippen LogP contribution is 2.55. The van der Waals surface area contributed by atoms with Crippen LogP contribution in [0.2, 0.25) is 0 Å². The summed E-state index contributed by atoms with van der Waals surface area (Å²) in [4.78, 5) is 27.5. The number of ketones is 2. The van der Waals surface area contributed by atoms with Crippen LogP contribution in [0.5, 0.6) is 46.0 Å². The van der Waals surface area contributed by atoms with Crippen molar-refractivity contribution in [3.05, 3.63) is 94.5 Å². The first-order valence-electron chi connectivity index (χ1n) is 12.4. The molecule has 2 heterocycles. The van der Waals surface area contributed by atoms with Crippen molar-refractivity contribution in [3.63, 3.8) is 0 Å². The molecule has 4 aromatic rings. The Morgan fingerprint density at radius 3 is 1.73 bits per heavy atom. The Labute approximate surface area is 231 Å². The first-order chi connectivity index (χ1) is 19.5. The van der Waals surface area contributed by atoms with Crippen LogP contribution in [0.1, 0.15) is 55.5 Å². The number of carbonyl (C=O) groups excluding carboxylic acids is 2. The van der Waals surface area contributed by atoms with Crippen LogP contribution in [0.25, 0.3) is 0 Å². The van der Waals surface area contributed by atoms with Gasteiger partial charge in [0.25, 0.3) is 0 Å². The minimum atomic E-state index is -1.78. The van der Waals surface area contributed by atoms with E-state index in [-0.39, 0.29) is 45.4 Å². The minimum Gasteiger partial charge on any atom is -0.508 e. The number of ether oxygens (including phenoxy) is 2. The summed E-state index contributed by atoms with van der Waals surface area (Å²) in [5.41, 5.74) is -0.418. The van der Waals surface area contributed by atoms with Gasteiger partial charge in [-0.05, 0) is 35.4 Å². The number of aliphatic hydroxyl groups excluding tert-OH is 1. The fourth-order valence-electron chi connectivity index (χ4n) is 5.33. The van der Waals surface area contributed by atoms with Crippen molar-refractivity contribution in [3.8, 4) is 46.0 Å². The summed E-state index contributed by atoms with van der Waals surface area (Å²) in [5, 5.41) is 72.7. The maximum atomic E-state index is 14.1. The first kappa shape index (κ1) is 25.8. The van der Waals surface area contributed by atoms with E-state index in [0.29, 0.717) is 5.56 Å². The number of hydrogen-bond acceptors (Lipinski definition) is 11. The summed E-state index contributed by atoms with van der Waals surface area (Å²) in [7, 11) is 0. The molecule has 11 nitrogen and oxygen atoms in total. The Morgan fingerprint density at radius 2 is 1.12 bits per heavy atom. The molecule has 0 amide bonds. The van der Waals surface area contributed by atoms with Crippen molar-refractivity contribution in [1.82, 2.24) is 0 Å². The van der Waals surface area contributed by atoms with Gasteiger partial charge in [-0.2, -0.15) is 0 Å². The molecule has 2 aliphatic heterocycles. The van der Waals surface area contributed by atoms with E-state index < -0.39 is 58.6 Å². The van der Waals surface area contributed by atoms with Gasteiger partial charge in [0, 0.05) is 18.2 Å². The van der Waals surface area contributed by atoms with Crippen LogP contribution in [0.3, 0.4) is 0 Å². The molecule has 41 heavy (non-hydrogen) atoms. The summed E-state index contributed by atoms with van der Waals surface area (Å²) in [6.07, 6.45) is -4.37. The van der Waals surface area contributed by atoms with Gasteiger partial charge in [-0.25, -0.2) is 0 Å². The summed E-state index contributed by atoms with van der Waals surface area (Å²) < 4.78 is 12.1. The Bertz CT molecular complexity index is 1710. The van der Waals surface area contributed by atoms with E-state index in [4.69, 9.17) is 9.47 Å². The molecule has 4 atom stereocenters. The third-order valence-electron chi connectivity index (χ3n) is 7.23. The number of benzene rings is 4. The van der Waals surface area contributed by atoms with Gasteiger partial charge in [0.15, 0.2) is 18.0 Å². The highest BCUT2D eigenvalue weighted by molar-refractivity contribution is 6.10. The smallest absolute Gasteiger partial charge is 0.202 e. The lowest BCUT2D eigenvalue weighted by atomic mass is 9.78. The molecule has 0 aliphatic carbocycles. The highest BCUT2D eigenvalue weighted by Gasteiger charge is 2.48. The van der Waals surface area contributed by atoms with Crippen LogP contribution in [-0.2, 0) is 0 Å². The van der Waals surface area contributed by atoms with E-state index in [1.54, 1.807) is 0 Å². The molecule has 2 aliphatic rings. The molecule has 0 bridgehead atoms. The topological polar surface area (TPSA) is 194 Å². The van der Waals surface area contributed by atoms with E-state index in [1.165, 1.54) is 48.5 Å². The second-order valence-electron chi connectivity index (χ2n) is 9.78. The molecular weight excluding hydrogens is 536 g/mol. The summed E-state index contributed by atoms with van der Waals surface area (Å²) in [6, 6.07) is 14.0. The lowest BCUT2D eigenvalue weighted by Gasteiger charge is -2.37. The van der Waals surface area contributed by atoms with Crippen LogP contribution in [0, 0.1) is 0 Å². The molecule has 0 saturated heterocycles. The highest BCUT2D eigenvalue weighted by atomic mass is 16.5. The van der Waals surface area contributed by atoms with Gasteiger partial charge in [0.05, 0.1) is 11.5 Å². The lowest BCUT2D eigenvalue weighted by molar-refractivity contribution is 0.0197. The molecule has 11 heteroatoms. The number of aromatic hydroxyl groups is 6. The van der Waals surface area contributed by atoms with E-state index in [0.717, 1.165) is 18.2 Å². The zero-order valence-electron chi connectivity index (χ0n) is 20.9. The third-order valence-corrected chi connectivity index (χ3v) is 7.23. The number of carbonyl (C=O) groups is 2. The van der Waals surface area contributed by atoms with Crippen LogP contribution < -0.4 is 9.47 Å². The molecule has 0 saturated carbocycles. The normalized spacial score (nSPS) is 21.4. The Balaban J connectivity index is 1.59. The van der Waals surface area contributed by atoms with E-state index in [9.17, 15) is 45.3 Å². The largest absolute Gasteiger partial charge is 0.508 e. The molecular formula is C30H22O11. The fourth-order valence-corrected chi connectivity index (χ4v) is 5.33. The van der Waals surface area contributed by atoms with Crippen molar-refractivity contribution in [1.29, 1.82) is 0 Å². The number of aliphatic hydroxyl groups is 1. The van der Waals surface area contributed by atoms with E-state index in [1.807, 2.05) is 0 Å². The van der Waals surface area contributed by atoms with Crippen molar-refractivity contribution >= 4 is 11.6 Å². The van der Waals surface area contributed by atoms with Crippen LogP contribution in [0.15, 0.2) is 66.7 Å². The summed E-state index contributed by atoms with van der Waals surface area (Å²) >= 11 is 0. The standard InChI is InChI=1S/C30H22O11/c31-14-5-1-12(2-6-14)28-24(25(37)21-17(34)9-16(33)10-20(21)40-28)22-18(35)11-19(36)23-26(38)27(39)29(41-30(22)23)13-3-7-15(32)8-4-13/h1-11,24,27-29,31-36,39H/t24-,27+,28+,29-/m1/s1. The Hall–Kier alpha value is -5.42. The number of fused-ring (bicyclic) bond motifs is 2. The zero-order valence-corrected chi connectivity index (χ0v) is 20.9. The minimum absolute atomic E-state index is 0.0760. The molecule has 4 aromatic carbocycles. The molecule has 0 aromatic heterocycles. The monoisotopic (exact) mass is 558 g/mol. The van der Waals surface area contributed by atoms with Gasteiger partial charge in [0.2, 0.25) is 5.78 Å². The average molecular weight is 558 g/mol. The van der Waals surface area contributed by atoms with E-state index in [2.05, 4.69) is 0 Å². The number of hydrogen-bond donors (Lipinski definition) is 7. The van der Waals surface area contributed by atoms with Gasteiger partial charge >= 0.3 is 0 Å². The Morgan fingerprint density at radius 1 is 0.561 bits per heavy atom. The Kier molecular flexibility index (Phi) is 5.89. The fraction of sp³-hybridized carbons (Fsp3) is 0.133. The maximum absolute atomic E-state index is 14.1. The average Bonchev–Trinajstić information content (AvgIpc) is 2.92.